The highest BCUT2D eigenvalue weighted by Crippen LogP contribution is 2.30. The Kier molecular flexibility index (Phi) is 8.59. The molecule has 0 saturated carbocycles. The summed E-state index contributed by atoms with van der Waals surface area (Å²) in [5.41, 5.74) is 4.31. The fraction of sp³-hybridized carbons (Fsp3) is 0.185. The van der Waals surface area contributed by atoms with E-state index in [-0.39, 0.29) is 6.04 Å². The monoisotopic (exact) mass is 498 g/mol. The van der Waals surface area contributed by atoms with Crippen LogP contribution in [0.15, 0.2) is 102 Å². The van der Waals surface area contributed by atoms with Gasteiger partial charge in [0.25, 0.3) is 0 Å². The summed E-state index contributed by atoms with van der Waals surface area (Å²) in [7, 11) is -2.58. The molecule has 1 aromatic heterocycles. The average molecular weight is 499 g/mol. The van der Waals surface area contributed by atoms with Gasteiger partial charge in [0.05, 0.1) is 36.2 Å². The molecule has 0 aliphatic carbocycles. The average Bonchev–Trinajstić information content (AvgIpc) is 3.38. The number of aromatic nitrogens is 2. The third-order valence-corrected chi connectivity index (χ3v) is 6.14. The van der Waals surface area contributed by atoms with Gasteiger partial charge in [-0.25, -0.2) is 4.98 Å². The molecule has 0 spiro atoms. The molecule has 4 aromatic rings. The zero-order valence-electron chi connectivity index (χ0n) is 19.6. The molecule has 36 heavy (non-hydrogen) atoms. The Labute approximate surface area is 212 Å². The number of imidazole rings is 1. The number of rotatable bonds is 5. The van der Waals surface area contributed by atoms with E-state index in [0.717, 1.165) is 22.5 Å². The molecule has 182 valence electrons. The van der Waals surface area contributed by atoms with Crippen LogP contribution in [-0.4, -0.2) is 36.0 Å². The van der Waals surface area contributed by atoms with Crippen LogP contribution in [0, 0.1) is 11.3 Å². The van der Waals surface area contributed by atoms with E-state index in [0.29, 0.717) is 31.6 Å². The Balaban J connectivity index is 0.000000445. The topological polar surface area (TPSA) is 105 Å². The van der Waals surface area contributed by atoms with Crippen LogP contribution in [0.25, 0.3) is 0 Å². The third kappa shape index (κ3) is 6.88. The molecule has 0 amide bonds. The Morgan fingerprint density at radius 3 is 2.33 bits per heavy atom. The van der Waals surface area contributed by atoms with Crippen molar-refractivity contribution in [2.75, 3.05) is 11.4 Å². The quantitative estimate of drug-likeness (QED) is 0.438. The van der Waals surface area contributed by atoms with Crippen LogP contribution in [0.3, 0.4) is 0 Å². The number of nitrogens with one attached hydrogen (secondary N) is 1. The molecule has 0 radical (unpaired) electrons. The van der Waals surface area contributed by atoms with Gasteiger partial charge in [-0.1, -0.05) is 71.2 Å². The number of hydrogen-bond acceptors (Lipinski definition) is 6. The van der Waals surface area contributed by atoms with Crippen LogP contribution in [0.2, 0.25) is 0 Å². The number of H-pyrrole nitrogens is 1. The molecule has 5 rings (SSSR count). The van der Waals surface area contributed by atoms with E-state index < -0.39 is 10.5 Å². The van der Waals surface area contributed by atoms with Gasteiger partial charge in [-0.3, -0.25) is 0 Å². The summed E-state index contributed by atoms with van der Waals surface area (Å²) in [5, 5.41) is 10.9. The molecular weight excluding hydrogens is 472 g/mol. The second-order valence-corrected chi connectivity index (χ2v) is 8.89. The van der Waals surface area contributed by atoms with Gasteiger partial charge in [0.1, 0.15) is 0 Å². The molecule has 1 aliphatic heterocycles. The maximum atomic E-state index is 11.5. The smallest absolute Gasteiger partial charge is 0.328 e. The Morgan fingerprint density at radius 2 is 1.72 bits per heavy atom. The second kappa shape index (κ2) is 12.4. The molecule has 8 nitrogen and oxygen atoms in total. The van der Waals surface area contributed by atoms with E-state index >= 15 is 0 Å². The summed E-state index contributed by atoms with van der Waals surface area (Å²) in [6, 6.07) is 29.4. The number of hydrogen-bond donors (Lipinski definition) is 1. The number of nitriles is 1. The largest absolute Gasteiger partial charge is 0.364 e. The van der Waals surface area contributed by atoms with Crippen molar-refractivity contribution in [3.63, 3.8) is 0 Å². The first-order chi connectivity index (χ1) is 17.6. The van der Waals surface area contributed by atoms with Crippen molar-refractivity contribution in [1.29, 1.82) is 5.26 Å². The van der Waals surface area contributed by atoms with E-state index in [9.17, 15) is 13.7 Å². The van der Waals surface area contributed by atoms with Crippen molar-refractivity contribution in [3.8, 4) is 6.07 Å². The predicted molar refractivity (Wildman–Crippen MR) is 138 cm³/mol. The zero-order valence-corrected chi connectivity index (χ0v) is 20.4. The Hall–Kier alpha value is -4.26. The van der Waals surface area contributed by atoms with Gasteiger partial charge in [0.2, 0.25) is 0 Å². The number of nitrogens with zero attached hydrogens (tertiary/aromatic N) is 5. The normalized spacial score (nSPS) is 15.0. The van der Waals surface area contributed by atoms with E-state index in [1.165, 1.54) is 0 Å². The van der Waals surface area contributed by atoms with Gasteiger partial charge >= 0.3 is 10.5 Å². The van der Waals surface area contributed by atoms with E-state index in [4.69, 9.17) is 0 Å². The molecule has 3 aromatic carbocycles. The molecule has 0 bridgehead atoms. The number of anilines is 1. The Morgan fingerprint density at radius 1 is 1.03 bits per heavy atom. The highest BCUT2D eigenvalue weighted by molar-refractivity contribution is 7.61. The van der Waals surface area contributed by atoms with Gasteiger partial charge in [-0.2, -0.15) is 18.7 Å². The Bertz CT molecular complexity index is 1380. The predicted octanol–water partition coefficient (Wildman–Crippen LogP) is 4.38. The third-order valence-electron chi connectivity index (χ3n) is 5.79. The molecule has 9 heteroatoms. The van der Waals surface area contributed by atoms with Crippen molar-refractivity contribution in [2.24, 2.45) is 4.47 Å². The van der Waals surface area contributed by atoms with Crippen molar-refractivity contribution in [1.82, 2.24) is 15.0 Å². The summed E-state index contributed by atoms with van der Waals surface area (Å²) in [4.78, 5) is 9.48. The van der Waals surface area contributed by atoms with Gasteiger partial charge in [0, 0.05) is 25.0 Å². The maximum Gasteiger partial charge on any atom is 0.328 e. The molecule has 1 atom stereocenters. The highest BCUT2D eigenvalue weighted by atomic mass is 32.2. The van der Waals surface area contributed by atoms with Gasteiger partial charge in [-0.15, -0.1) is 0 Å². The van der Waals surface area contributed by atoms with Crippen LogP contribution in [0.5, 0.6) is 0 Å². The molecule has 2 heterocycles. The van der Waals surface area contributed by atoms with Gasteiger partial charge in [-0.05, 0) is 35.7 Å². The highest BCUT2D eigenvalue weighted by Gasteiger charge is 2.29. The van der Waals surface area contributed by atoms with E-state index in [2.05, 4.69) is 25.4 Å². The molecular formula is C27H26N6O2S. The summed E-state index contributed by atoms with van der Waals surface area (Å²) >= 11 is 0. The first kappa shape index (κ1) is 24.9. The summed E-state index contributed by atoms with van der Waals surface area (Å²) in [6.45, 7) is 1.41. The lowest BCUT2D eigenvalue weighted by Crippen LogP contribution is -2.40. The molecule has 1 aliphatic rings. The van der Waals surface area contributed by atoms with Crippen molar-refractivity contribution < 1.29 is 8.42 Å². The van der Waals surface area contributed by atoms with Crippen LogP contribution in [0.1, 0.15) is 22.4 Å². The minimum Gasteiger partial charge on any atom is -0.364 e. The molecule has 0 saturated heterocycles. The molecule has 0 fully saturated rings. The minimum atomic E-state index is -2.58. The van der Waals surface area contributed by atoms with E-state index in [1.54, 1.807) is 23.5 Å². The van der Waals surface area contributed by atoms with Crippen molar-refractivity contribution >= 4 is 16.2 Å². The van der Waals surface area contributed by atoms with Crippen LogP contribution in [0.4, 0.5) is 5.69 Å². The summed E-state index contributed by atoms with van der Waals surface area (Å²) in [6.07, 6.45) is 4.11. The zero-order chi connectivity index (χ0) is 25.2. The van der Waals surface area contributed by atoms with Crippen LogP contribution < -0.4 is 4.90 Å². The SMILES string of the molecule is N#Cc1ccc2c(c1)CN(N=S(=O)=O)C(Cc1ccccc1)CN2Cc1c[nH]cn1.c1ccccc1. The first-order valence-corrected chi connectivity index (χ1v) is 12.5. The minimum absolute atomic E-state index is 0.179. The van der Waals surface area contributed by atoms with Crippen molar-refractivity contribution in [2.45, 2.75) is 25.6 Å². The molecule has 1 N–H and O–H groups in total. The lowest BCUT2D eigenvalue weighted by Gasteiger charge is -2.29. The standard InChI is InChI=1S/C21H20N6O2S.C6H6/c22-10-17-6-7-21-18(8-17)12-27(25-30(28)29)20(9-16-4-2-1-3-5-16)14-26(21)13-19-11-23-15-24-19;1-2-4-6-5-3-1/h1-8,11,15,20H,9,12-14H2,(H,23,24);1-6H. The maximum absolute atomic E-state index is 11.5. The molecule has 1 unspecified atom stereocenters. The number of fused-ring (bicyclic) bond motifs is 1. The fourth-order valence-corrected chi connectivity index (χ4v) is 4.55. The summed E-state index contributed by atoms with van der Waals surface area (Å²) in [5.74, 6) is 0. The fourth-order valence-electron chi connectivity index (χ4n) is 4.19. The number of benzene rings is 3. The van der Waals surface area contributed by atoms with Crippen LogP contribution >= 0.6 is 0 Å². The lowest BCUT2D eigenvalue weighted by molar-refractivity contribution is 0.205. The second-order valence-electron chi connectivity index (χ2n) is 8.29. The lowest BCUT2D eigenvalue weighted by atomic mass is 10.1. The van der Waals surface area contributed by atoms with Crippen LogP contribution in [-0.2, 0) is 30.0 Å². The van der Waals surface area contributed by atoms with E-state index in [1.807, 2.05) is 79.0 Å². The van der Waals surface area contributed by atoms with Gasteiger partial charge < -0.3 is 9.88 Å². The number of aromatic amines is 1. The summed E-state index contributed by atoms with van der Waals surface area (Å²) < 4.78 is 26.8. The first-order valence-electron chi connectivity index (χ1n) is 11.5. The van der Waals surface area contributed by atoms with Crippen molar-refractivity contribution in [3.05, 3.63) is 120 Å². The van der Waals surface area contributed by atoms with Gasteiger partial charge in [0.15, 0.2) is 0 Å².